The largest absolute Gasteiger partial charge is 0.495 e. The van der Waals surface area contributed by atoms with Crippen molar-refractivity contribution in [3.8, 4) is 5.75 Å². The van der Waals surface area contributed by atoms with Crippen molar-refractivity contribution in [3.63, 3.8) is 0 Å². The molecule has 0 spiro atoms. The molecule has 0 saturated carbocycles. The number of nitrogens with zero attached hydrogens (tertiary/aromatic N) is 3. The minimum Gasteiger partial charge on any atom is -0.495 e. The Morgan fingerprint density at radius 2 is 1.96 bits per heavy atom. The second-order valence-electron chi connectivity index (χ2n) is 5.58. The summed E-state index contributed by atoms with van der Waals surface area (Å²) in [6, 6.07) is 9.10. The molecule has 27 heavy (non-hydrogen) atoms. The molecule has 2 aromatic heterocycles. The van der Waals surface area contributed by atoms with Crippen LogP contribution in [0.25, 0.3) is 5.65 Å². The average molecular weight is 396 g/mol. The smallest absolute Gasteiger partial charge is 0.417 e. The van der Waals surface area contributed by atoms with E-state index in [-0.39, 0.29) is 16.7 Å². The van der Waals surface area contributed by atoms with Crippen LogP contribution in [0.5, 0.6) is 5.75 Å². The summed E-state index contributed by atoms with van der Waals surface area (Å²) < 4.78 is 45.2. The third-order valence-electron chi connectivity index (χ3n) is 3.71. The summed E-state index contributed by atoms with van der Waals surface area (Å²) in [5.74, 6) is 0.166. The molecule has 10 heteroatoms. The third-order valence-corrected chi connectivity index (χ3v) is 4.77. The van der Waals surface area contributed by atoms with Gasteiger partial charge in [0.15, 0.2) is 10.8 Å². The van der Waals surface area contributed by atoms with E-state index in [0.29, 0.717) is 11.4 Å². The molecule has 1 amide bonds. The Morgan fingerprint density at radius 3 is 2.67 bits per heavy atom. The maximum Gasteiger partial charge on any atom is 0.417 e. The van der Waals surface area contributed by atoms with Crippen molar-refractivity contribution >= 4 is 29.0 Å². The van der Waals surface area contributed by atoms with Gasteiger partial charge >= 0.3 is 6.18 Å². The molecule has 0 saturated heterocycles. The van der Waals surface area contributed by atoms with Crippen molar-refractivity contribution < 1.29 is 22.7 Å². The van der Waals surface area contributed by atoms with Crippen LogP contribution < -0.4 is 10.1 Å². The minimum absolute atomic E-state index is 0.193. The normalized spacial score (nSPS) is 12.8. The Labute approximate surface area is 156 Å². The molecular formula is C17H15F3N4O2S. The van der Waals surface area contributed by atoms with Gasteiger partial charge in [0.25, 0.3) is 0 Å². The maximum absolute atomic E-state index is 12.9. The summed E-state index contributed by atoms with van der Waals surface area (Å²) in [5.41, 5.74) is -0.0477. The second kappa shape index (κ2) is 7.47. The van der Waals surface area contributed by atoms with E-state index in [1.807, 2.05) is 0 Å². The molecule has 0 bridgehead atoms. The number of amides is 1. The fourth-order valence-electron chi connectivity index (χ4n) is 2.31. The van der Waals surface area contributed by atoms with Crippen molar-refractivity contribution in [1.29, 1.82) is 0 Å². The van der Waals surface area contributed by atoms with E-state index in [1.54, 1.807) is 31.2 Å². The summed E-state index contributed by atoms with van der Waals surface area (Å²) in [7, 11) is 1.49. The van der Waals surface area contributed by atoms with Crippen LogP contribution in [0, 0.1) is 0 Å². The summed E-state index contributed by atoms with van der Waals surface area (Å²) >= 11 is 1.01. The number of hydrogen-bond acceptors (Lipinski definition) is 5. The number of anilines is 1. The number of hydrogen-bond donors (Lipinski definition) is 1. The zero-order valence-electron chi connectivity index (χ0n) is 14.3. The number of fused-ring (bicyclic) bond motifs is 1. The molecule has 6 nitrogen and oxygen atoms in total. The Balaban J connectivity index is 1.79. The van der Waals surface area contributed by atoms with Crippen molar-refractivity contribution in [2.24, 2.45) is 0 Å². The summed E-state index contributed by atoms with van der Waals surface area (Å²) in [5, 5.41) is 10.0. The Bertz CT molecular complexity index is 974. The number of methoxy groups -OCH3 is 1. The summed E-state index contributed by atoms with van der Waals surface area (Å²) in [6.07, 6.45) is -3.56. The quantitative estimate of drug-likeness (QED) is 0.663. The Morgan fingerprint density at radius 1 is 1.22 bits per heavy atom. The van der Waals surface area contributed by atoms with Crippen molar-refractivity contribution in [1.82, 2.24) is 14.6 Å². The van der Waals surface area contributed by atoms with Gasteiger partial charge in [0.2, 0.25) is 5.91 Å². The molecule has 3 aromatic rings. The molecule has 0 fully saturated rings. The van der Waals surface area contributed by atoms with Crippen LogP contribution in [-0.4, -0.2) is 32.9 Å². The number of para-hydroxylation sites is 2. The first-order valence-electron chi connectivity index (χ1n) is 7.82. The van der Waals surface area contributed by atoms with E-state index >= 15 is 0 Å². The van der Waals surface area contributed by atoms with Gasteiger partial charge in [0.05, 0.1) is 23.6 Å². The second-order valence-corrected chi connectivity index (χ2v) is 6.88. The predicted octanol–water partition coefficient (Wildman–Crippen LogP) is 3.88. The minimum atomic E-state index is -4.48. The van der Waals surface area contributed by atoms with Crippen LogP contribution in [0.2, 0.25) is 0 Å². The summed E-state index contributed by atoms with van der Waals surface area (Å²) in [6.45, 7) is 1.63. The van der Waals surface area contributed by atoms with Gasteiger partial charge in [-0.1, -0.05) is 23.9 Å². The van der Waals surface area contributed by atoms with Crippen LogP contribution in [0.4, 0.5) is 18.9 Å². The highest BCUT2D eigenvalue weighted by atomic mass is 32.2. The number of rotatable bonds is 5. The lowest BCUT2D eigenvalue weighted by atomic mass is 10.3. The number of benzene rings is 1. The van der Waals surface area contributed by atoms with Gasteiger partial charge in [0, 0.05) is 6.20 Å². The zero-order chi connectivity index (χ0) is 19.6. The van der Waals surface area contributed by atoms with Gasteiger partial charge < -0.3 is 10.1 Å². The monoisotopic (exact) mass is 396 g/mol. The predicted molar refractivity (Wildman–Crippen MR) is 94.9 cm³/mol. The van der Waals surface area contributed by atoms with Crippen LogP contribution in [0.3, 0.4) is 0 Å². The van der Waals surface area contributed by atoms with Gasteiger partial charge in [0.1, 0.15) is 5.75 Å². The van der Waals surface area contributed by atoms with Crippen LogP contribution in [0.15, 0.2) is 47.8 Å². The SMILES string of the molecule is COc1ccccc1NC(=O)C(C)Sc1nnc2ccc(C(F)(F)F)cn12. The average Bonchev–Trinajstić information content (AvgIpc) is 3.03. The lowest BCUT2D eigenvalue weighted by molar-refractivity contribution is -0.137. The Hall–Kier alpha value is -2.75. The molecule has 1 unspecified atom stereocenters. The lowest BCUT2D eigenvalue weighted by Gasteiger charge is -2.13. The van der Waals surface area contributed by atoms with E-state index in [2.05, 4.69) is 15.5 Å². The van der Waals surface area contributed by atoms with E-state index in [9.17, 15) is 18.0 Å². The molecular weight excluding hydrogens is 381 g/mol. The molecule has 1 atom stereocenters. The standard InChI is InChI=1S/C17H15F3N4O2S/c1-10(15(25)21-12-5-3-4-6-13(12)26-2)27-16-23-22-14-8-7-11(9-24(14)16)17(18,19)20/h3-10H,1-2H3,(H,21,25). The number of carbonyl (C=O) groups is 1. The third kappa shape index (κ3) is 4.16. The number of thioether (sulfide) groups is 1. The first kappa shape index (κ1) is 19.0. The first-order chi connectivity index (χ1) is 12.8. The molecule has 142 valence electrons. The fourth-order valence-corrected chi connectivity index (χ4v) is 3.14. The topological polar surface area (TPSA) is 68.5 Å². The number of ether oxygens (including phenoxy) is 1. The molecule has 0 radical (unpaired) electrons. The van der Waals surface area contributed by atoms with Crippen molar-refractivity contribution in [3.05, 3.63) is 48.2 Å². The van der Waals surface area contributed by atoms with Gasteiger partial charge in [-0.3, -0.25) is 9.20 Å². The molecule has 1 aromatic carbocycles. The maximum atomic E-state index is 12.9. The first-order valence-corrected chi connectivity index (χ1v) is 8.70. The lowest BCUT2D eigenvalue weighted by Crippen LogP contribution is -2.23. The van der Waals surface area contributed by atoms with Gasteiger partial charge in [-0.05, 0) is 31.2 Å². The van der Waals surface area contributed by atoms with Crippen LogP contribution in [0.1, 0.15) is 12.5 Å². The van der Waals surface area contributed by atoms with Crippen molar-refractivity contribution in [2.45, 2.75) is 23.5 Å². The highest BCUT2D eigenvalue weighted by molar-refractivity contribution is 8.00. The van der Waals surface area contributed by atoms with Gasteiger partial charge in [-0.15, -0.1) is 10.2 Å². The van der Waals surface area contributed by atoms with E-state index in [0.717, 1.165) is 24.0 Å². The number of alkyl halides is 3. The molecule has 0 aliphatic carbocycles. The molecule has 3 rings (SSSR count). The zero-order valence-corrected chi connectivity index (χ0v) is 15.1. The van der Waals surface area contributed by atoms with E-state index in [4.69, 9.17) is 4.74 Å². The van der Waals surface area contributed by atoms with Crippen molar-refractivity contribution in [2.75, 3.05) is 12.4 Å². The molecule has 2 heterocycles. The molecule has 0 aliphatic heterocycles. The van der Waals surface area contributed by atoms with E-state index in [1.165, 1.54) is 17.6 Å². The highest BCUT2D eigenvalue weighted by Gasteiger charge is 2.31. The Kier molecular flexibility index (Phi) is 5.26. The number of pyridine rings is 1. The number of aromatic nitrogens is 3. The van der Waals surface area contributed by atoms with Gasteiger partial charge in [-0.2, -0.15) is 13.2 Å². The molecule has 1 N–H and O–H groups in total. The highest BCUT2D eigenvalue weighted by Crippen LogP contribution is 2.31. The van der Waals surface area contributed by atoms with E-state index < -0.39 is 17.0 Å². The number of carbonyl (C=O) groups excluding carboxylic acids is 1. The molecule has 0 aliphatic rings. The fraction of sp³-hybridized carbons (Fsp3) is 0.235. The number of halogens is 3. The van der Waals surface area contributed by atoms with Crippen LogP contribution >= 0.6 is 11.8 Å². The number of nitrogens with one attached hydrogen (secondary N) is 1. The summed E-state index contributed by atoms with van der Waals surface area (Å²) in [4.78, 5) is 12.4. The van der Waals surface area contributed by atoms with Crippen LogP contribution in [-0.2, 0) is 11.0 Å². The van der Waals surface area contributed by atoms with Gasteiger partial charge in [-0.25, -0.2) is 0 Å².